The summed E-state index contributed by atoms with van der Waals surface area (Å²) in [6, 6.07) is 8.13. The van der Waals surface area contributed by atoms with Crippen molar-refractivity contribution in [2.75, 3.05) is 6.54 Å². The fourth-order valence-corrected chi connectivity index (χ4v) is 2.45. The fraction of sp³-hybridized carbons (Fsp3) is 0.357. The van der Waals surface area contributed by atoms with Crippen molar-refractivity contribution in [3.8, 4) is 0 Å². The van der Waals surface area contributed by atoms with E-state index in [9.17, 15) is 4.79 Å². The van der Waals surface area contributed by atoms with E-state index in [0.29, 0.717) is 25.3 Å². The van der Waals surface area contributed by atoms with E-state index >= 15 is 0 Å². The van der Waals surface area contributed by atoms with Gasteiger partial charge in [0.2, 0.25) is 12.3 Å². The van der Waals surface area contributed by atoms with Crippen molar-refractivity contribution in [1.82, 2.24) is 15.0 Å². The number of amides is 1. The van der Waals surface area contributed by atoms with Crippen LogP contribution in [-0.4, -0.2) is 27.5 Å². The smallest absolute Gasteiger partial charge is 0.223 e. The second-order valence-corrected chi connectivity index (χ2v) is 4.89. The molecular weight excluding hydrogens is 242 g/mol. The van der Waals surface area contributed by atoms with Crippen LogP contribution < -0.4 is 0 Å². The van der Waals surface area contributed by atoms with Crippen LogP contribution >= 0.6 is 0 Å². The van der Waals surface area contributed by atoms with Gasteiger partial charge in [-0.15, -0.1) is 0 Å². The number of hydrogen-bond acceptors (Lipinski definition) is 4. The molecule has 1 aromatic heterocycles. The SMILES string of the molecule is Cc1ccccc1CN1CC(c2ncon2)CC1=O. The van der Waals surface area contributed by atoms with Gasteiger partial charge in [0.15, 0.2) is 5.82 Å². The Morgan fingerprint density at radius 2 is 2.26 bits per heavy atom. The molecule has 1 aliphatic rings. The van der Waals surface area contributed by atoms with Gasteiger partial charge in [0.1, 0.15) is 0 Å². The second kappa shape index (κ2) is 4.84. The molecule has 1 unspecified atom stereocenters. The first-order valence-corrected chi connectivity index (χ1v) is 6.32. The van der Waals surface area contributed by atoms with Gasteiger partial charge in [0.25, 0.3) is 0 Å². The van der Waals surface area contributed by atoms with E-state index in [1.54, 1.807) is 0 Å². The van der Waals surface area contributed by atoms with Crippen molar-refractivity contribution < 1.29 is 9.32 Å². The minimum atomic E-state index is 0.0512. The topological polar surface area (TPSA) is 59.2 Å². The summed E-state index contributed by atoms with van der Waals surface area (Å²) in [7, 11) is 0. The van der Waals surface area contributed by atoms with Gasteiger partial charge in [-0.1, -0.05) is 29.4 Å². The highest BCUT2D eigenvalue weighted by Crippen LogP contribution is 2.27. The number of nitrogens with zero attached hydrogens (tertiary/aromatic N) is 3. The van der Waals surface area contributed by atoms with Gasteiger partial charge >= 0.3 is 0 Å². The van der Waals surface area contributed by atoms with Crippen LogP contribution in [0, 0.1) is 6.92 Å². The Balaban J connectivity index is 1.73. The van der Waals surface area contributed by atoms with Crippen molar-refractivity contribution in [2.45, 2.75) is 25.8 Å². The number of carbonyl (C=O) groups is 1. The lowest BCUT2D eigenvalue weighted by Gasteiger charge is -2.17. The lowest BCUT2D eigenvalue weighted by atomic mass is 10.1. The Bertz CT molecular complexity index is 580. The number of benzene rings is 1. The standard InChI is InChI=1S/C14H15N3O2/c1-10-4-2-3-5-11(10)7-17-8-12(6-13(17)18)14-15-9-19-16-14/h2-5,9,12H,6-8H2,1H3. The quantitative estimate of drug-likeness (QED) is 0.842. The molecule has 5 heteroatoms. The van der Waals surface area contributed by atoms with Crippen LogP contribution in [-0.2, 0) is 11.3 Å². The molecule has 2 aromatic rings. The van der Waals surface area contributed by atoms with Crippen LogP contribution in [0.5, 0.6) is 0 Å². The summed E-state index contributed by atoms with van der Waals surface area (Å²) in [5, 5.41) is 3.83. The lowest BCUT2D eigenvalue weighted by molar-refractivity contribution is -0.128. The molecule has 0 bridgehead atoms. The number of rotatable bonds is 3. The van der Waals surface area contributed by atoms with Crippen LogP contribution in [0.25, 0.3) is 0 Å². The second-order valence-electron chi connectivity index (χ2n) is 4.89. The van der Waals surface area contributed by atoms with Crippen molar-refractivity contribution in [1.29, 1.82) is 0 Å². The molecule has 1 saturated heterocycles. The Morgan fingerprint density at radius 1 is 1.42 bits per heavy atom. The molecule has 5 nitrogen and oxygen atoms in total. The molecule has 0 N–H and O–H groups in total. The third kappa shape index (κ3) is 2.36. The van der Waals surface area contributed by atoms with Gasteiger partial charge in [-0.05, 0) is 18.1 Å². The molecule has 1 aliphatic heterocycles. The number of aryl methyl sites for hydroxylation is 1. The maximum atomic E-state index is 12.0. The van der Waals surface area contributed by atoms with Gasteiger partial charge in [0.05, 0.1) is 0 Å². The number of likely N-dealkylation sites (tertiary alicyclic amines) is 1. The molecule has 1 amide bonds. The van der Waals surface area contributed by atoms with E-state index in [2.05, 4.69) is 29.2 Å². The van der Waals surface area contributed by atoms with Crippen LogP contribution in [0.4, 0.5) is 0 Å². The van der Waals surface area contributed by atoms with Crippen molar-refractivity contribution in [3.05, 3.63) is 47.6 Å². The van der Waals surface area contributed by atoms with Gasteiger partial charge in [-0.2, -0.15) is 4.98 Å². The van der Waals surface area contributed by atoms with Gasteiger partial charge < -0.3 is 9.42 Å². The lowest BCUT2D eigenvalue weighted by Crippen LogP contribution is -2.24. The zero-order valence-electron chi connectivity index (χ0n) is 10.7. The van der Waals surface area contributed by atoms with E-state index in [-0.39, 0.29) is 11.8 Å². The van der Waals surface area contributed by atoms with Crippen molar-refractivity contribution in [2.24, 2.45) is 0 Å². The van der Waals surface area contributed by atoms with Gasteiger partial charge in [-0.3, -0.25) is 4.79 Å². The Morgan fingerprint density at radius 3 is 3.00 bits per heavy atom. The zero-order valence-corrected chi connectivity index (χ0v) is 10.7. The van der Waals surface area contributed by atoms with Crippen LogP contribution in [0.3, 0.4) is 0 Å². The van der Waals surface area contributed by atoms with E-state index in [1.807, 2.05) is 17.0 Å². The van der Waals surface area contributed by atoms with Crippen LogP contribution in [0.15, 0.2) is 35.2 Å². The number of hydrogen-bond donors (Lipinski definition) is 0. The maximum absolute atomic E-state index is 12.0. The zero-order chi connectivity index (χ0) is 13.2. The largest absolute Gasteiger partial charge is 0.343 e. The summed E-state index contributed by atoms with van der Waals surface area (Å²) in [5.74, 6) is 0.828. The van der Waals surface area contributed by atoms with Crippen LogP contribution in [0.2, 0.25) is 0 Å². The van der Waals surface area contributed by atoms with Gasteiger partial charge in [0, 0.05) is 25.4 Å². The predicted octanol–water partition coefficient (Wildman–Crippen LogP) is 1.89. The van der Waals surface area contributed by atoms with E-state index < -0.39 is 0 Å². The minimum Gasteiger partial charge on any atom is -0.343 e. The molecular formula is C14H15N3O2. The Kier molecular flexibility index (Phi) is 3.03. The number of carbonyl (C=O) groups excluding carboxylic acids is 1. The highest BCUT2D eigenvalue weighted by atomic mass is 16.5. The van der Waals surface area contributed by atoms with Crippen molar-refractivity contribution >= 4 is 5.91 Å². The highest BCUT2D eigenvalue weighted by Gasteiger charge is 2.33. The first-order valence-electron chi connectivity index (χ1n) is 6.32. The molecule has 0 radical (unpaired) electrons. The molecule has 2 heterocycles. The average Bonchev–Trinajstić information content (AvgIpc) is 3.02. The summed E-state index contributed by atoms with van der Waals surface area (Å²) in [5.41, 5.74) is 2.39. The first-order chi connectivity index (χ1) is 9.24. The fourth-order valence-electron chi connectivity index (χ4n) is 2.45. The molecule has 1 fully saturated rings. The molecule has 1 aromatic carbocycles. The average molecular weight is 257 g/mol. The minimum absolute atomic E-state index is 0.0512. The molecule has 19 heavy (non-hydrogen) atoms. The van der Waals surface area contributed by atoms with E-state index in [4.69, 9.17) is 4.52 Å². The summed E-state index contributed by atoms with van der Waals surface area (Å²) in [6.07, 6.45) is 1.77. The molecule has 3 rings (SSSR count). The highest BCUT2D eigenvalue weighted by molar-refractivity contribution is 5.79. The summed E-state index contributed by atoms with van der Waals surface area (Å²) in [4.78, 5) is 17.9. The Hall–Kier alpha value is -2.17. The predicted molar refractivity (Wildman–Crippen MR) is 68.3 cm³/mol. The molecule has 98 valence electrons. The maximum Gasteiger partial charge on any atom is 0.223 e. The summed E-state index contributed by atoms with van der Waals surface area (Å²) in [6.45, 7) is 3.37. The normalized spacial score (nSPS) is 19.1. The molecule has 0 saturated carbocycles. The van der Waals surface area contributed by atoms with E-state index in [0.717, 1.165) is 0 Å². The monoisotopic (exact) mass is 257 g/mol. The van der Waals surface area contributed by atoms with Crippen LogP contribution in [0.1, 0.15) is 29.3 Å². The number of aromatic nitrogens is 2. The summed E-state index contributed by atoms with van der Waals surface area (Å²) < 4.78 is 4.74. The Labute approximate surface area is 111 Å². The van der Waals surface area contributed by atoms with Crippen molar-refractivity contribution in [3.63, 3.8) is 0 Å². The third-order valence-corrected chi connectivity index (χ3v) is 3.58. The van der Waals surface area contributed by atoms with Gasteiger partial charge in [-0.25, -0.2) is 0 Å². The van der Waals surface area contributed by atoms with E-state index in [1.165, 1.54) is 17.5 Å². The third-order valence-electron chi connectivity index (χ3n) is 3.58. The molecule has 1 atom stereocenters. The molecule has 0 aliphatic carbocycles. The molecule has 0 spiro atoms. The summed E-state index contributed by atoms with van der Waals surface area (Å²) >= 11 is 0. The first kappa shape index (κ1) is 11.9.